The SMILES string of the molecule is CCOC(=O)C1=C(CN2CCCN(C(=O)CC)CC2)N(C)C(=O)NC1c1ccccc1C. The van der Waals surface area contributed by atoms with Gasteiger partial charge in [0, 0.05) is 51.9 Å². The van der Waals surface area contributed by atoms with Gasteiger partial charge in [-0.1, -0.05) is 31.2 Å². The quantitative estimate of drug-likeness (QED) is 0.685. The standard InChI is InChI=1S/C24H34N4O4/c1-5-20(29)28-13-9-12-27(14-15-28)16-19-21(23(30)32-6-2)22(25-24(31)26(19)4)18-11-8-7-10-17(18)3/h7-8,10-11,22H,5-6,9,12-16H2,1-4H3,(H,25,31). The molecule has 2 aliphatic heterocycles. The highest BCUT2D eigenvalue weighted by Crippen LogP contribution is 2.33. The fourth-order valence-corrected chi connectivity index (χ4v) is 4.36. The Balaban J connectivity index is 1.96. The summed E-state index contributed by atoms with van der Waals surface area (Å²) in [6.45, 7) is 9.17. The molecule has 8 nitrogen and oxygen atoms in total. The molecule has 0 aromatic heterocycles. The molecule has 1 aromatic carbocycles. The Morgan fingerprint density at radius 2 is 1.88 bits per heavy atom. The number of amides is 3. The Morgan fingerprint density at radius 3 is 2.56 bits per heavy atom. The van der Waals surface area contributed by atoms with Crippen LogP contribution in [0.2, 0.25) is 0 Å². The van der Waals surface area contributed by atoms with Crippen LogP contribution in [0.4, 0.5) is 4.79 Å². The molecule has 0 spiro atoms. The highest BCUT2D eigenvalue weighted by Gasteiger charge is 2.38. The maximum Gasteiger partial charge on any atom is 0.338 e. The zero-order valence-electron chi connectivity index (χ0n) is 19.5. The largest absolute Gasteiger partial charge is 0.463 e. The van der Waals surface area contributed by atoms with Crippen LogP contribution in [-0.2, 0) is 14.3 Å². The fourth-order valence-electron chi connectivity index (χ4n) is 4.36. The van der Waals surface area contributed by atoms with Gasteiger partial charge >= 0.3 is 12.0 Å². The summed E-state index contributed by atoms with van der Waals surface area (Å²) in [5, 5.41) is 2.98. The van der Waals surface area contributed by atoms with Crippen LogP contribution in [0.5, 0.6) is 0 Å². The number of urea groups is 1. The molecule has 0 saturated carbocycles. The van der Waals surface area contributed by atoms with Crippen LogP contribution in [0.15, 0.2) is 35.5 Å². The molecule has 32 heavy (non-hydrogen) atoms. The first-order valence-electron chi connectivity index (χ1n) is 11.4. The molecule has 2 heterocycles. The van der Waals surface area contributed by atoms with E-state index in [1.165, 1.54) is 4.90 Å². The molecular formula is C24H34N4O4. The summed E-state index contributed by atoms with van der Waals surface area (Å²) in [6.07, 6.45) is 1.35. The zero-order chi connectivity index (χ0) is 23.3. The molecular weight excluding hydrogens is 408 g/mol. The molecule has 3 amide bonds. The molecule has 8 heteroatoms. The van der Waals surface area contributed by atoms with Gasteiger partial charge in [0.25, 0.3) is 0 Å². The number of ether oxygens (including phenoxy) is 1. The van der Waals surface area contributed by atoms with Gasteiger partial charge in [0.05, 0.1) is 18.2 Å². The average molecular weight is 443 g/mol. The van der Waals surface area contributed by atoms with Crippen LogP contribution in [-0.4, -0.2) is 79.0 Å². The van der Waals surface area contributed by atoms with Crippen molar-refractivity contribution in [2.75, 3.05) is 46.4 Å². The number of carbonyl (C=O) groups is 3. The van der Waals surface area contributed by atoms with E-state index in [2.05, 4.69) is 10.2 Å². The summed E-state index contributed by atoms with van der Waals surface area (Å²) >= 11 is 0. The summed E-state index contributed by atoms with van der Waals surface area (Å²) in [5.41, 5.74) is 2.99. The molecule has 0 aliphatic carbocycles. The maximum absolute atomic E-state index is 13.1. The van der Waals surface area contributed by atoms with Crippen molar-refractivity contribution in [3.8, 4) is 0 Å². The second-order valence-electron chi connectivity index (χ2n) is 8.24. The maximum atomic E-state index is 13.1. The number of nitrogens with one attached hydrogen (secondary N) is 1. The smallest absolute Gasteiger partial charge is 0.338 e. The van der Waals surface area contributed by atoms with Crippen molar-refractivity contribution in [2.45, 2.75) is 39.7 Å². The van der Waals surface area contributed by atoms with E-state index in [9.17, 15) is 14.4 Å². The summed E-state index contributed by atoms with van der Waals surface area (Å²) < 4.78 is 5.42. The van der Waals surface area contributed by atoms with Gasteiger partial charge in [-0.05, 0) is 31.4 Å². The Bertz CT molecular complexity index is 898. The van der Waals surface area contributed by atoms with E-state index < -0.39 is 12.0 Å². The van der Waals surface area contributed by atoms with Crippen LogP contribution >= 0.6 is 0 Å². The van der Waals surface area contributed by atoms with Crippen LogP contribution in [0.1, 0.15) is 43.9 Å². The first kappa shape index (κ1) is 23.8. The van der Waals surface area contributed by atoms with E-state index in [1.807, 2.05) is 43.0 Å². The minimum absolute atomic E-state index is 0.159. The van der Waals surface area contributed by atoms with Crippen LogP contribution in [0, 0.1) is 6.92 Å². The summed E-state index contributed by atoms with van der Waals surface area (Å²) in [4.78, 5) is 43.7. The highest BCUT2D eigenvalue weighted by atomic mass is 16.5. The lowest BCUT2D eigenvalue weighted by Gasteiger charge is -2.37. The van der Waals surface area contributed by atoms with Crippen molar-refractivity contribution in [2.24, 2.45) is 0 Å². The van der Waals surface area contributed by atoms with Crippen molar-refractivity contribution >= 4 is 17.9 Å². The van der Waals surface area contributed by atoms with E-state index >= 15 is 0 Å². The van der Waals surface area contributed by atoms with Gasteiger partial charge in [-0.3, -0.25) is 14.6 Å². The van der Waals surface area contributed by atoms with E-state index in [1.54, 1.807) is 14.0 Å². The van der Waals surface area contributed by atoms with E-state index in [0.717, 1.165) is 30.6 Å². The number of hydrogen-bond donors (Lipinski definition) is 1. The second-order valence-corrected chi connectivity index (χ2v) is 8.24. The Kier molecular flexibility index (Phi) is 7.90. The van der Waals surface area contributed by atoms with Crippen LogP contribution < -0.4 is 5.32 Å². The van der Waals surface area contributed by atoms with Gasteiger partial charge < -0.3 is 15.0 Å². The molecule has 1 saturated heterocycles. The van der Waals surface area contributed by atoms with Crippen molar-refractivity contribution in [1.29, 1.82) is 0 Å². The predicted octanol–water partition coefficient (Wildman–Crippen LogP) is 2.45. The summed E-state index contributed by atoms with van der Waals surface area (Å²) in [6, 6.07) is 6.92. The number of rotatable bonds is 6. The number of aryl methyl sites for hydroxylation is 1. The van der Waals surface area contributed by atoms with E-state index in [-0.39, 0.29) is 18.5 Å². The number of benzene rings is 1. The molecule has 1 N–H and O–H groups in total. The Morgan fingerprint density at radius 1 is 1.12 bits per heavy atom. The van der Waals surface area contributed by atoms with Crippen LogP contribution in [0.25, 0.3) is 0 Å². The first-order chi connectivity index (χ1) is 15.4. The average Bonchev–Trinajstić information content (AvgIpc) is 3.02. The van der Waals surface area contributed by atoms with Crippen molar-refractivity contribution < 1.29 is 19.1 Å². The van der Waals surface area contributed by atoms with Gasteiger partial charge in [0.2, 0.25) is 5.91 Å². The first-order valence-corrected chi connectivity index (χ1v) is 11.4. The van der Waals surface area contributed by atoms with E-state index in [0.29, 0.717) is 37.3 Å². The number of carbonyl (C=O) groups excluding carboxylic acids is 3. The Hall–Kier alpha value is -2.87. The molecule has 174 valence electrons. The molecule has 1 fully saturated rings. The molecule has 1 aromatic rings. The molecule has 1 atom stereocenters. The molecule has 2 aliphatic rings. The molecule has 1 unspecified atom stereocenters. The third-order valence-corrected chi connectivity index (χ3v) is 6.19. The highest BCUT2D eigenvalue weighted by molar-refractivity contribution is 5.95. The van der Waals surface area contributed by atoms with Crippen molar-refractivity contribution in [3.05, 3.63) is 46.7 Å². The molecule has 3 rings (SSSR count). The third-order valence-electron chi connectivity index (χ3n) is 6.19. The zero-order valence-corrected chi connectivity index (χ0v) is 19.5. The molecule has 0 radical (unpaired) electrons. The minimum Gasteiger partial charge on any atom is -0.463 e. The summed E-state index contributed by atoms with van der Waals surface area (Å²) in [7, 11) is 1.68. The van der Waals surface area contributed by atoms with Gasteiger partial charge in [-0.15, -0.1) is 0 Å². The second kappa shape index (κ2) is 10.6. The monoisotopic (exact) mass is 442 g/mol. The molecule has 0 bridgehead atoms. The van der Waals surface area contributed by atoms with E-state index in [4.69, 9.17) is 4.74 Å². The normalized spacial score (nSPS) is 20.1. The fraction of sp³-hybridized carbons (Fsp3) is 0.542. The van der Waals surface area contributed by atoms with Gasteiger partial charge in [0.15, 0.2) is 0 Å². The topological polar surface area (TPSA) is 82.2 Å². The Labute approximate surface area is 190 Å². The number of nitrogens with zero attached hydrogens (tertiary/aromatic N) is 3. The number of likely N-dealkylation sites (N-methyl/N-ethyl adjacent to an activating group) is 1. The van der Waals surface area contributed by atoms with Gasteiger partial charge in [-0.25, -0.2) is 9.59 Å². The lowest BCUT2D eigenvalue weighted by Crippen LogP contribution is -2.49. The summed E-state index contributed by atoms with van der Waals surface area (Å²) in [5.74, 6) is -0.257. The van der Waals surface area contributed by atoms with Crippen LogP contribution in [0.3, 0.4) is 0 Å². The lowest BCUT2D eigenvalue weighted by molar-refractivity contribution is -0.139. The minimum atomic E-state index is -0.570. The number of esters is 1. The van der Waals surface area contributed by atoms with Gasteiger partial charge in [0.1, 0.15) is 0 Å². The van der Waals surface area contributed by atoms with Crippen molar-refractivity contribution in [1.82, 2.24) is 20.0 Å². The van der Waals surface area contributed by atoms with Crippen molar-refractivity contribution in [3.63, 3.8) is 0 Å². The predicted molar refractivity (Wildman–Crippen MR) is 122 cm³/mol. The number of hydrogen-bond acceptors (Lipinski definition) is 5. The third kappa shape index (κ3) is 5.12. The van der Waals surface area contributed by atoms with Gasteiger partial charge in [-0.2, -0.15) is 0 Å². The lowest BCUT2D eigenvalue weighted by atomic mass is 9.91.